The summed E-state index contributed by atoms with van der Waals surface area (Å²) in [6.45, 7) is 0.861. The van der Waals surface area contributed by atoms with Crippen molar-refractivity contribution in [2.24, 2.45) is 0 Å². The molecule has 0 fully saturated rings. The largest absolute Gasteiger partial charge is 0.481 e. The van der Waals surface area contributed by atoms with Crippen molar-refractivity contribution in [1.29, 1.82) is 0 Å². The van der Waals surface area contributed by atoms with Crippen LogP contribution in [0.5, 0.6) is 0 Å². The van der Waals surface area contributed by atoms with Crippen LogP contribution in [-0.4, -0.2) is 59.8 Å². The van der Waals surface area contributed by atoms with Crippen LogP contribution in [0.25, 0.3) is 0 Å². The first kappa shape index (κ1) is 27.4. The number of carbonyl (C=O) groups excluding carboxylic acids is 1. The van der Waals surface area contributed by atoms with E-state index in [0.29, 0.717) is 12.8 Å². The Labute approximate surface area is 175 Å². The van der Waals surface area contributed by atoms with Crippen LogP contribution in [0.1, 0.15) is 96.3 Å². The number of ether oxygens (including phenoxy) is 1. The van der Waals surface area contributed by atoms with Gasteiger partial charge in [0.05, 0.1) is 0 Å². The Morgan fingerprint density at radius 1 is 0.690 bits per heavy atom. The number of rotatable bonds is 20. The molecule has 0 aliphatic carbocycles. The van der Waals surface area contributed by atoms with E-state index in [-0.39, 0.29) is 24.9 Å². The molecule has 7 heteroatoms. The Balaban J connectivity index is 4.10. The van der Waals surface area contributed by atoms with E-state index in [4.69, 9.17) is 14.9 Å². The zero-order chi connectivity index (χ0) is 21.9. The molecule has 0 aromatic carbocycles. The van der Waals surface area contributed by atoms with Gasteiger partial charge in [0.15, 0.2) is 0 Å². The molecule has 1 atom stereocenters. The van der Waals surface area contributed by atoms with Crippen LogP contribution in [0.4, 0.5) is 0 Å². The van der Waals surface area contributed by atoms with Crippen molar-refractivity contribution >= 4 is 17.9 Å². The SMILES string of the molecule is CN(C)CCCC(=O)OC(CCCCCCCC(=O)O)CCCCCCC(=O)O. The number of hydrogen-bond donors (Lipinski definition) is 2. The number of carbonyl (C=O) groups is 3. The molecule has 7 nitrogen and oxygen atoms in total. The van der Waals surface area contributed by atoms with Crippen molar-refractivity contribution in [3.8, 4) is 0 Å². The maximum atomic E-state index is 12.1. The molecule has 0 saturated heterocycles. The third-order valence-electron chi connectivity index (χ3n) is 4.87. The van der Waals surface area contributed by atoms with E-state index in [0.717, 1.165) is 77.2 Å². The molecule has 0 aromatic rings. The minimum Gasteiger partial charge on any atom is -0.481 e. The third-order valence-corrected chi connectivity index (χ3v) is 4.87. The van der Waals surface area contributed by atoms with Crippen molar-refractivity contribution in [2.75, 3.05) is 20.6 Å². The number of carboxylic acids is 2. The maximum Gasteiger partial charge on any atom is 0.306 e. The van der Waals surface area contributed by atoms with Gasteiger partial charge in [-0.2, -0.15) is 0 Å². The van der Waals surface area contributed by atoms with Crippen LogP contribution in [0.3, 0.4) is 0 Å². The highest BCUT2D eigenvalue weighted by Crippen LogP contribution is 2.17. The van der Waals surface area contributed by atoms with E-state index >= 15 is 0 Å². The second kappa shape index (κ2) is 18.4. The average molecular weight is 416 g/mol. The van der Waals surface area contributed by atoms with Crippen molar-refractivity contribution < 1.29 is 29.3 Å². The van der Waals surface area contributed by atoms with Gasteiger partial charge in [-0.3, -0.25) is 14.4 Å². The van der Waals surface area contributed by atoms with E-state index in [2.05, 4.69) is 0 Å². The van der Waals surface area contributed by atoms with E-state index in [1.54, 1.807) is 0 Å². The number of aliphatic carboxylic acids is 2. The summed E-state index contributed by atoms with van der Waals surface area (Å²) in [7, 11) is 3.96. The van der Waals surface area contributed by atoms with Gasteiger partial charge in [-0.1, -0.05) is 32.1 Å². The first-order valence-corrected chi connectivity index (χ1v) is 11.1. The van der Waals surface area contributed by atoms with Crippen molar-refractivity contribution in [3.05, 3.63) is 0 Å². The molecule has 0 spiro atoms. The summed E-state index contributed by atoms with van der Waals surface area (Å²) in [5.74, 6) is -1.63. The zero-order valence-corrected chi connectivity index (χ0v) is 18.4. The fraction of sp³-hybridized carbons (Fsp3) is 0.864. The molecule has 0 aromatic heterocycles. The molecule has 0 heterocycles. The first-order valence-electron chi connectivity index (χ1n) is 11.1. The highest BCUT2D eigenvalue weighted by molar-refractivity contribution is 5.69. The van der Waals surface area contributed by atoms with Crippen LogP contribution in [-0.2, 0) is 19.1 Å². The molecule has 0 amide bonds. The fourth-order valence-electron chi connectivity index (χ4n) is 3.23. The lowest BCUT2D eigenvalue weighted by atomic mass is 10.0. The third kappa shape index (κ3) is 20.9. The van der Waals surface area contributed by atoms with Gasteiger partial charge in [0.25, 0.3) is 0 Å². The summed E-state index contributed by atoms with van der Waals surface area (Å²) >= 11 is 0. The normalized spacial score (nSPS) is 12.1. The number of nitrogens with zero attached hydrogens (tertiary/aromatic N) is 1. The second-order valence-electron chi connectivity index (χ2n) is 8.07. The molecular formula is C22H41NO6. The van der Waals surface area contributed by atoms with E-state index < -0.39 is 11.9 Å². The monoisotopic (exact) mass is 415 g/mol. The van der Waals surface area contributed by atoms with Gasteiger partial charge in [0, 0.05) is 19.3 Å². The Kier molecular flexibility index (Phi) is 17.4. The fourth-order valence-corrected chi connectivity index (χ4v) is 3.23. The van der Waals surface area contributed by atoms with Crippen LogP contribution < -0.4 is 0 Å². The lowest BCUT2D eigenvalue weighted by Gasteiger charge is -2.18. The minimum atomic E-state index is -0.752. The Morgan fingerprint density at radius 3 is 1.59 bits per heavy atom. The molecule has 0 bridgehead atoms. The maximum absolute atomic E-state index is 12.1. The molecule has 1 unspecified atom stereocenters. The topological polar surface area (TPSA) is 104 Å². The van der Waals surface area contributed by atoms with Gasteiger partial charge in [-0.25, -0.2) is 0 Å². The number of unbranched alkanes of at least 4 members (excludes halogenated alkanes) is 7. The van der Waals surface area contributed by atoms with E-state index in [1.165, 1.54) is 0 Å². The Hall–Kier alpha value is -1.63. The van der Waals surface area contributed by atoms with Gasteiger partial charge in [0.1, 0.15) is 6.10 Å². The second-order valence-corrected chi connectivity index (χ2v) is 8.07. The highest BCUT2D eigenvalue weighted by Gasteiger charge is 2.14. The number of carboxylic acid groups (broad SMARTS) is 2. The molecule has 0 radical (unpaired) electrons. The summed E-state index contributed by atoms with van der Waals surface area (Å²) in [6.07, 6.45) is 11.4. The summed E-state index contributed by atoms with van der Waals surface area (Å²) in [5.41, 5.74) is 0. The molecule has 0 saturated carbocycles. The number of esters is 1. The summed E-state index contributed by atoms with van der Waals surface area (Å²) in [6, 6.07) is 0. The Morgan fingerprint density at radius 2 is 1.14 bits per heavy atom. The summed E-state index contributed by atoms with van der Waals surface area (Å²) in [5, 5.41) is 17.3. The predicted octanol–water partition coefficient (Wildman–Crippen LogP) is 4.48. The molecule has 0 aliphatic rings. The molecule has 0 aliphatic heterocycles. The summed E-state index contributed by atoms with van der Waals surface area (Å²) in [4.78, 5) is 35.2. The van der Waals surface area contributed by atoms with Gasteiger partial charge in [0.2, 0.25) is 0 Å². The number of hydrogen-bond acceptors (Lipinski definition) is 5. The molecule has 2 N–H and O–H groups in total. The predicted molar refractivity (Wildman–Crippen MR) is 113 cm³/mol. The van der Waals surface area contributed by atoms with Gasteiger partial charge in [-0.05, 0) is 65.6 Å². The molecule has 0 rings (SSSR count). The molecule has 29 heavy (non-hydrogen) atoms. The Bertz CT molecular complexity index is 453. The van der Waals surface area contributed by atoms with Crippen LogP contribution in [0, 0.1) is 0 Å². The summed E-state index contributed by atoms with van der Waals surface area (Å²) < 4.78 is 5.71. The highest BCUT2D eigenvalue weighted by atomic mass is 16.5. The van der Waals surface area contributed by atoms with E-state index in [9.17, 15) is 14.4 Å². The van der Waals surface area contributed by atoms with Crippen LogP contribution in [0.2, 0.25) is 0 Å². The first-order chi connectivity index (χ1) is 13.8. The average Bonchev–Trinajstić information content (AvgIpc) is 2.62. The van der Waals surface area contributed by atoms with Gasteiger partial charge in [-0.15, -0.1) is 0 Å². The zero-order valence-electron chi connectivity index (χ0n) is 18.4. The van der Waals surface area contributed by atoms with Crippen molar-refractivity contribution in [1.82, 2.24) is 4.90 Å². The quantitative estimate of drug-likeness (QED) is 0.223. The lowest BCUT2D eigenvalue weighted by Crippen LogP contribution is -2.20. The lowest BCUT2D eigenvalue weighted by molar-refractivity contribution is -0.150. The minimum absolute atomic E-state index is 0.0691. The van der Waals surface area contributed by atoms with Crippen LogP contribution in [0.15, 0.2) is 0 Å². The van der Waals surface area contributed by atoms with Crippen LogP contribution >= 0.6 is 0 Å². The smallest absolute Gasteiger partial charge is 0.306 e. The van der Waals surface area contributed by atoms with Crippen molar-refractivity contribution in [3.63, 3.8) is 0 Å². The van der Waals surface area contributed by atoms with E-state index in [1.807, 2.05) is 19.0 Å². The van der Waals surface area contributed by atoms with Gasteiger partial charge >= 0.3 is 17.9 Å². The van der Waals surface area contributed by atoms with Gasteiger partial charge < -0.3 is 19.8 Å². The molecule has 170 valence electrons. The molecular weight excluding hydrogens is 374 g/mol. The standard InChI is InChI=1S/C22H41NO6/c1-23(2)18-12-17-22(28)29-19(14-9-6-7-11-16-21(26)27)13-8-4-3-5-10-15-20(24)25/h19H,3-18H2,1-2H3,(H,24,25)(H,26,27). The van der Waals surface area contributed by atoms with Crippen molar-refractivity contribution in [2.45, 2.75) is 102 Å².